The van der Waals surface area contributed by atoms with Gasteiger partial charge in [0.15, 0.2) is 0 Å². The van der Waals surface area contributed by atoms with Crippen molar-refractivity contribution in [2.45, 2.75) is 26.4 Å². The normalized spacial score (nSPS) is 12.3. The van der Waals surface area contributed by atoms with Crippen molar-refractivity contribution in [3.8, 4) is 10.4 Å². The first-order valence-corrected chi connectivity index (χ1v) is 11.1. The summed E-state index contributed by atoms with van der Waals surface area (Å²) >= 11 is 3.05. The van der Waals surface area contributed by atoms with Crippen molar-refractivity contribution >= 4 is 38.8 Å². The van der Waals surface area contributed by atoms with Crippen molar-refractivity contribution in [1.82, 2.24) is 14.5 Å². The van der Waals surface area contributed by atoms with Gasteiger partial charge in [-0.15, -0.1) is 22.7 Å². The fourth-order valence-corrected chi connectivity index (χ4v) is 5.14. The van der Waals surface area contributed by atoms with E-state index in [-0.39, 0.29) is 29.9 Å². The van der Waals surface area contributed by atoms with Gasteiger partial charge in [0.1, 0.15) is 17.2 Å². The Balaban J connectivity index is 1.62. The average molecular weight is 442 g/mol. The molecule has 4 aromatic rings. The number of hydrogen-bond acceptors (Lipinski definition) is 5. The van der Waals surface area contributed by atoms with Crippen LogP contribution in [0.5, 0.6) is 0 Å². The number of carbonyl (C=O) groups is 1. The summed E-state index contributed by atoms with van der Waals surface area (Å²) in [5, 5.41) is 2.49. The van der Waals surface area contributed by atoms with Crippen LogP contribution in [0, 0.1) is 12.7 Å². The van der Waals surface area contributed by atoms with Crippen LogP contribution in [0.25, 0.3) is 20.7 Å². The monoisotopic (exact) mass is 441 g/mol. The van der Waals surface area contributed by atoms with Crippen LogP contribution in [0.2, 0.25) is 0 Å². The van der Waals surface area contributed by atoms with E-state index < -0.39 is 0 Å². The van der Waals surface area contributed by atoms with Gasteiger partial charge in [-0.25, -0.2) is 9.37 Å². The molecule has 0 bridgehead atoms. The Morgan fingerprint density at radius 1 is 1.23 bits per heavy atom. The summed E-state index contributed by atoms with van der Waals surface area (Å²) in [5.41, 5.74) is 1.46. The van der Waals surface area contributed by atoms with Crippen molar-refractivity contribution in [3.05, 3.63) is 74.7 Å². The molecule has 0 aliphatic carbocycles. The van der Waals surface area contributed by atoms with E-state index in [1.54, 1.807) is 35.4 Å². The van der Waals surface area contributed by atoms with Gasteiger partial charge < -0.3 is 4.90 Å². The minimum absolute atomic E-state index is 0.109. The van der Waals surface area contributed by atoms with E-state index in [4.69, 9.17) is 0 Å². The van der Waals surface area contributed by atoms with Crippen molar-refractivity contribution in [3.63, 3.8) is 0 Å². The van der Waals surface area contributed by atoms with Crippen molar-refractivity contribution in [2.24, 2.45) is 0 Å². The molecule has 0 aliphatic heterocycles. The number of likely N-dealkylation sites (N-methyl/N-ethyl adjacent to an activating group) is 1. The Morgan fingerprint density at radius 3 is 2.63 bits per heavy atom. The first kappa shape index (κ1) is 20.4. The summed E-state index contributed by atoms with van der Waals surface area (Å²) in [6.07, 6.45) is 1.43. The first-order chi connectivity index (χ1) is 14.3. The van der Waals surface area contributed by atoms with Crippen LogP contribution >= 0.6 is 22.7 Å². The Morgan fingerprint density at radius 2 is 1.97 bits per heavy atom. The fourth-order valence-electron chi connectivity index (χ4n) is 3.28. The third-order valence-electron chi connectivity index (χ3n) is 5.20. The predicted molar refractivity (Wildman–Crippen MR) is 120 cm³/mol. The molecule has 1 aromatic carbocycles. The number of aromatic nitrogens is 2. The zero-order valence-electron chi connectivity index (χ0n) is 16.8. The van der Waals surface area contributed by atoms with E-state index in [1.165, 1.54) is 39.2 Å². The lowest BCUT2D eigenvalue weighted by molar-refractivity contribution is -0.132. The molecule has 4 rings (SSSR count). The van der Waals surface area contributed by atoms with Gasteiger partial charge in [0.25, 0.3) is 5.56 Å². The van der Waals surface area contributed by atoms with Crippen molar-refractivity contribution in [2.75, 3.05) is 7.05 Å². The number of halogens is 1. The molecule has 0 spiro atoms. The maximum absolute atomic E-state index is 13.2. The van der Waals surface area contributed by atoms with Crippen LogP contribution in [-0.2, 0) is 11.3 Å². The Hall–Kier alpha value is -2.84. The van der Waals surface area contributed by atoms with E-state index in [2.05, 4.69) is 4.98 Å². The van der Waals surface area contributed by atoms with E-state index in [1.807, 2.05) is 31.4 Å². The summed E-state index contributed by atoms with van der Waals surface area (Å²) < 4.78 is 14.5. The highest BCUT2D eigenvalue weighted by atomic mass is 32.1. The van der Waals surface area contributed by atoms with Gasteiger partial charge in [-0.2, -0.15) is 0 Å². The Kier molecular flexibility index (Phi) is 5.53. The second kappa shape index (κ2) is 8.12. The van der Waals surface area contributed by atoms with Crippen LogP contribution in [0.1, 0.15) is 23.4 Å². The summed E-state index contributed by atoms with van der Waals surface area (Å²) in [6.45, 7) is 3.78. The highest BCUT2D eigenvalue weighted by molar-refractivity contribution is 7.19. The van der Waals surface area contributed by atoms with Gasteiger partial charge in [0, 0.05) is 27.7 Å². The lowest BCUT2D eigenvalue weighted by Crippen LogP contribution is -2.35. The van der Waals surface area contributed by atoms with Crippen molar-refractivity contribution in [1.29, 1.82) is 0 Å². The minimum Gasteiger partial charge on any atom is -0.337 e. The molecule has 5 nitrogen and oxygen atoms in total. The van der Waals surface area contributed by atoms with Gasteiger partial charge in [-0.05, 0) is 43.7 Å². The van der Waals surface area contributed by atoms with Gasteiger partial charge >= 0.3 is 0 Å². The molecule has 1 amide bonds. The number of fused-ring (bicyclic) bond motifs is 1. The number of amides is 1. The molecule has 3 aromatic heterocycles. The maximum Gasteiger partial charge on any atom is 0.263 e. The molecule has 154 valence electrons. The third-order valence-corrected chi connectivity index (χ3v) is 7.12. The molecular formula is C22H20FN3O2S2. The number of nitrogens with zero attached hydrogens (tertiary/aromatic N) is 3. The largest absolute Gasteiger partial charge is 0.337 e. The van der Waals surface area contributed by atoms with Gasteiger partial charge in [-0.1, -0.05) is 12.1 Å². The molecule has 1 atom stereocenters. The van der Waals surface area contributed by atoms with Crippen LogP contribution in [0.3, 0.4) is 0 Å². The predicted octanol–water partition coefficient (Wildman–Crippen LogP) is 4.85. The molecule has 0 fully saturated rings. The lowest BCUT2D eigenvalue weighted by atomic mass is 10.1. The quantitative estimate of drug-likeness (QED) is 0.445. The van der Waals surface area contributed by atoms with Crippen LogP contribution in [0.4, 0.5) is 4.39 Å². The van der Waals surface area contributed by atoms with Crippen LogP contribution in [-0.4, -0.2) is 27.4 Å². The molecule has 1 unspecified atom stereocenters. The van der Waals surface area contributed by atoms with Crippen LogP contribution < -0.4 is 5.56 Å². The van der Waals surface area contributed by atoms with Crippen LogP contribution in [0.15, 0.2) is 52.9 Å². The molecule has 30 heavy (non-hydrogen) atoms. The molecule has 0 N–H and O–H groups in total. The second-order valence-corrected chi connectivity index (χ2v) is 9.30. The van der Waals surface area contributed by atoms with E-state index in [0.29, 0.717) is 10.2 Å². The molecule has 0 aliphatic rings. The lowest BCUT2D eigenvalue weighted by Gasteiger charge is -2.25. The number of carbonyl (C=O) groups excluding carboxylic acids is 1. The number of benzene rings is 1. The van der Waals surface area contributed by atoms with E-state index in [0.717, 1.165) is 16.0 Å². The summed E-state index contributed by atoms with van der Waals surface area (Å²) in [4.78, 5) is 34.8. The standard InChI is InChI=1S/C22H20FN3O2S2/c1-13-4-9-18(30-13)17-11-29-21-20(17)22(28)26(12-24-21)10-19(27)25(3)14(2)15-5-7-16(23)8-6-15/h4-9,11-12,14H,10H2,1-3H3. The molecule has 0 saturated carbocycles. The number of rotatable bonds is 5. The third kappa shape index (κ3) is 3.80. The van der Waals surface area contributed by atoms with E-state index in [9.17, 15) is 14.0 Å². The molecular weight excluding hydrogens is 421 g/mol. The average Bonchev–Trinajstić information content (AvgIpc) is 3.36. The molecule has 3 heterocycles. The SMILES string of the molecule is Cc1ccc(-c2csc3ncn(CC(=O)N(C)C(C)c4ccc(F)cc4)c(=O)c23)s1. The zero-order chi connectivity index (χ0) is 21.4. The Labute approximate surface area is 181 Å². The fraction of sp³-hybridized carbons (Fsp3) is 0.227. The van der Waals surface area contributed by atoms with E-state index >= 15 is 0 Å². The molecule has 8 heteroatoms. The summed E-state index contributed by atoms with van der Waals surface area (Å²) in [6, 6.07) is 9.83. The zero-order valence-corrected chi connectivity index (χ0v) is 18.4. The van der Waals surface area contributed by atoms with Crippen molar-refractivity contribution < 1.29 is 9.18 Å². The second-order valence-electron chi connectivity index (χ2n) is 7.15. The number of hydrogen-bond donors (Lipinski definition) is 0. The summed E-state index contributed by atoms with van der Waals surface area (Å²) in [5.74, 6) is -0.544. The number of thiophene rings is 2. The van der Waals surface area contributed by atoms with Gasteiger partial charge in [0.2, 0.25) is 5.91 Å². The number of aryl methyl sites for hydroxylation is 1. The van der Waals surface area contributed by atoms with Gasteiger partial charge in [0.05, 0.1) is 17.8 Å². The summed E-state index contributed by atoms with van der Waals surface area (Å²) in [7, 11) is 1.68. The highest BCUT2D eigenvalue weighted by Crippen LogP contribution is 2.34. The molecule has 0 saturated heterocycles. The first-order valence-electron chi connectivity index (χ1n) is 9.39. The maximum atomic E-state index is 13.2. The Bertz CT molecular complexity index is 1270. The smallest absolute Gasteiger partial charge is 0.263 e. The molecule has 0 radical (unpaired) electrons. The van der Waals surface area contributed by atoms with Gasteiger partial charge in [-0.3, -0.25) is 14.2 Å². The minimum atomic E-state index is -0.321. The topological polar surface area (TPSA) is 55.2 Å². The highest BCUT2D eigenvalue weighted by Gasteiger charge is 2.20.